The minimum Gasteiger partial charge on any atom is -1.00 e. The molecule has 0 amide bonds. The molecule has 0 aliphatic heterocycles. The molecule has 4 aromatic rings. The van der Waals surface area contributed by atoms with E-state index in [1.807, 2.05) is 0 Å². The Balaban J connectivity index is 0.00000120. The van der Waals surface area contributed by atoms with Gasteiger partial charge in [0.25, 0.3) is 0 Å². The molecule has 0 fully saturated rings. The van der Waals surface area contributed by atoms with Crippen LogP contribution in [-0.2, 0) is 38.0 Å². The van der Waals surface area contributed by atoms with E-state index in [2.05, 4.69) is 123 Å². The summed E-state index contributed by atoms with van der Waals surface area (Å²) in [6.45, 7) is 4.82. The summed E-state index contributed by atoms with van der Waals surface area (Å²) < 4.78 is 0. The molecule has 0 radical (unpaired) electrons. The standard InChI is InChI=1S/C33H28.2ClH.Zr/c1-33(2,27-15-9-10-16-27)32-29(24-13-7-4-8-14-24)19-20-30-28-18-17-25(21-26(28)22-31(30)32)23-11-5-3-6-12-23;;;/h3-15,17-21H,16,22H2,1-2H3;2*1H;/q;;;+2/p-2. The molecule has 0 N–H and O–H groups in total. The monoisotopic (exact) mass is 584 g/mol. The molecule has 3 heteroatoms. The topological polar surface area (TPSA) is 0 Å². The Morgan fingerprint density at radius 2 is 1.25 bits per heavy atom. The van der Waals surface area contributed by atoms with Crippen molar-refractivity contribution in [2.75, 3.05) is 0 Å². The van der Waals surface area contributed by atoms with E-state index in [0.717, 1.165) is 12.8 Å². The number of hydrogen-bond acceptors (Lipinski definition) is 0. The fraction of sp³-hybridized carbons (Fsp3) is 0.152. The first kappa shape index (κ1) is 28.4. The zero-order chi connectivity index (χ0) is 22.4. The van der Waals surface area contributed by atoms with Gasteiger partial charge >= 0.3 is 26.2 Å². The van der Waals surface area contributed by atoms with E-state index in [-0.39, 0.29) is 56.4 Å². The average molecular weight is 587 g/mol. The van der Waals surface area contributed by atoms with Gasteiger partial charge < -0.3 is 24.8 Å². The maximum atomic E-state index is 2.41. The smallest absolute Gasteiger partial charge is 1.00 e. The Kier molecular flexibility index (Phi) is 9.05. The van der Waals surface area contributed by atoms with Crippen LogP contribution in [0.1, 0.15) is 37.0 Å². The van der Waals surface area contributed by atoms with Gasteiger partial charge in [0.2, 0.25) is 0 Å². The van der Waals surface area contributed by atoms with Crippen LogP contribution in [0.15, 0.2) is 115 Å². The van der Waals surface area contributed by atoms with E-state index in [1.165, 1.54) is 55.6 Å². The van der Waals surface area contributed by atoms with Crippen LogP contribution in [0.3, 0.4) is 0 Å². The first-order valence-electron chi connectivity index (χ1n) is 11.9. The molecule has 2 aliphatic rings. The number of benzene rings is 4. The van der Waals surface area contributed by atoms with E-state index < -0.39 is 0 Å². The fourth-order valence-electron chi connectivity index (χ4n) is 5.73. The van der Waals surface area contributed by atoms with Gasteiger partial charge in [-0.25, -0.2) is 0 Å². The molecule has 0 bridgehead atoms. The Bertz CT molecular complexity index is 1420. The molecular weight excluding hydrogens is 558 g/mol. The van der Waals surface area contributed by atoms with E-state index in [1.54, 1.807) is 0 Å². The third-order valence-corrected chi connectivity index (χ3v) is 7.47. The Hall–Kier alpha value is -2.18. The summed E-state index contributed by atoms with van der Waals surface area (Å²) >= 11 is 0. The number of fused-ring (bicyclic) bond motifs is 3. The van der Waals surface area contributed by atoms with Gasteiger partial charge in [-0.05, 0) is 62.9 Å². The summed E-state index contributed by atoms with van der Waals surface area (Å²) in [4.78, 5) is 0. The molecule has 178 valence electrons. The van der Waals surface area contributed by atoms with E-state index in [9.17, 15) is 0 Å². The van der Waals surface area contributed by atoms with Crippen molar-refractivity contribution < 1.29 is 51.0 Å². The van der Waals surface area contributed by atoms with Gasteiger partial charge in [0.15, 0.2) is 0 Å². The minimum atomic E-state index is -0.0374. The molecule has 0 atom stereocenters. The van der Waals surface area contributed by atoms with Gasteiger partial charge in [0.05, 0.1) is 0 Å². The largest absolute Gasteiger partial charge is 2.00 e. The van der Waals surface area contributed by atoms with Gasteiger partial charge in [-0.15, -0.1) is 0 Å². The number of halogens is 2. The number of rotatable bonds is 4. The molecule has 0 saturated heterocycles. The van der Waals surface area contributed by atoms with Gasteiger partial charge in [0.1, 0.15) is 0 Å². The normalized spacial score (nSPS) is 13.0. The second kappa shape index (κ2) is 11.5. The van der Waals surface area contributed by atoms with Crippen LogP contribution in [0.25, 0.3) is 33.4 Å². The number of hydrogen-bond donors (Lipinski definition) is 0. The molecule has 4 aromatic carbocycles. The van der Waals surface area contributed by atoms with Gasteiger partial charge in [-0.2, -0.15) is 0 Å². The first-order chi connectivity index (χ1) is 16.1. The summed E-state index contributed by atoms with van der Waals surface area (Å²) in [7, 11) is 0. The van der Waals surface area contributed by atoms with Crippen LogP contribution in [-0.4, -0.2) is 0 Å². The fourth-order valence-corrected chi connectivity index (χ4v) is 5.73. The van der Waals surface area contributed by atoms with Crippen LogP contribution < -0.4 is 24.8 Å². The van der Waals surface area contributed by atoms with Gasteiger partial charge in [0, 0.05) is 5.41 Å². The van der Waals surface area contributed by atoms with Crippen molar-refractivity contribution >= 4 is 0 Å². The molecule has 0 aromatic heterocycles. The molecule has 0 spiro atoms. The second-order valence-electron chi connectivity index (χ2n) is 9.74. The molecule has 0 heterocycles. The summed E-state index contributed by atoms with van der Waals surface area (Å²) in [5.74, 6) is 0. The summed E-state index contributed by atoms with van der Waals surface area (Å²) in [6.07, 6.45) is 8.85. The van der Waals surface area contributed by atoms with Crippen molar-refractivity contribution in [3.63, 3.8) is 0 Å². The zero-order valence-corrected chi connectivity index (χ0v) is 24.5. The third-order valence-electron chi connectivity index (χ3n) is 7.47. The summed E-state index contributed by atoms with van der Waals surface area (Å²) in [5, 5.41) is 0. The molecule has 0 unspecified atom stereocenters. The van der Waals surface area contributed by atoms with E-state index in [0.29, 0.717) is 0 Å². The molecule has 6 rings (SSSR count). The summed E-state index contributed by atoms with van der Waals surface area (Å²) in [6, 6.07) is 33.3. The Morgan fingerprint density at radius 1 is 0.639 bits per heavy atom. The van der Waals surface area contributed by atoms with Crippen LogP contribution in [0.5, 0.6) is 0 Å². The number of allylic oxidation sites excluding steroid dienone is 4. The van der Waals surface area contributed by atoms with Crippen molar-refractivity contribution in [1.82, 2.24) is 0 Å². The summed E-state index contributed by atoms with van der Waals surface area (Å²) in [5.41, 5.74) is 13.9. The third kappa shape index (κ3) is 4.87. The van der Waals surface area contributed by atoms with Crippen LogP contribution in [0, 0.1) is 0 Å². The quantitative estimate of drug-likeness (QED) is 0.304. The van der Waals surface area contributed by atoms with Crippen LogP contribution in [0.4, 0.5) is 0 Å². The predicted molar refractivity (Wildman–Crippen MR) is 140 cm³/mol. The maximum Gasteiger partial charge on any atom is 2.00 e. The van der Waals surface area contributed by atoms with Crippen LogP contribution in [0.2, 0.25) is 0 Å². The first-order valence-corrected chi connectivity index (χ1v) is 11.9. The van der Waals surface area contributed by atoms with Crippen molar-refractivity contribution in [2.24, 2.45) is 0 Å². The average Bonchev–Trinajstić information content (AvgIpc) is 3.53. The second-order valence-corrected chi connectivity index (χ2v) is 9.74. The molecule has 36 heavy (non-hydrogen) atoms. The van der Waals surface area contributed by atoms with E-state index >= 15 is 0 Å². The van der Waals surface area contributed by atoms with Crippen molar-refractivity contribution in [3.05, 3.63) is 131 Å². The van der Waals surface area contributed by atoms with Crippen molar-refractivity contribution in [3.8, 4) is 33.4 Å². The van der Waals surface area contributed by atoms with Gasteiger partial charge in [-0.1, -0.05) is 129 Å². The zero-order valence-electron chi connectivity index (χ0n) is 20.6. The SMILES string of the molecule is CC(C)(C1=CC=CC1)c1c(-c2ccccc2)ccc2c1Cc1cc(-c3ccccc3)ccc1-2.[Cl-].[Cl-].[Zr+2]. The Labute approximate surface area is 246 Å². The molecule has 2 aliphatic carbocycles. The Morgan fingerprint density at radius 3 is 1.89 bits per heavy atom. The van der Waals surface area contributed by atoms with Crippen molar-refractivity contribution in [2.45, 2.75) is 32.1 Å². The van der Waals surface area contributed by atoms with Crippen molar-refractivity contribution in [1.29, 1.82) is 0 Å². The predicted octanol–water partition coefficient (Wildman–Crippen LogP) is 2.76. The molecule has 0 nitrogen and oxygen atoms in total. The molecule has 0 saturated carbocycles. The minimum absolute atomic E-state index is 0. The van der Waals surface area contributed by atoms with Crippen LogP contribution >= 0.6 is 0 Å². The van der Waals surface area contributed by atoms with E-state index in [4.69, 9.17) is 0 Å². The van der Waals surface area contributed by atoms with Gasteiger partial charge in [-0.3, -0.25) is 0 Å². The molecular formula is C33H28Cl2Zr. The maximum absolute atomic E-state index is 2.41.